The number of fused-ring (bicyclic) bond motifs is 1. The summed E-state index contributed by atoms with van der Waals surface area (Å²) in [6, 6.07) is 4.04. The molecule has 2 heterocycles. The second-order valence-electron chi connectivity index (χ2n) is 3.67. The first-order valence-corrected chi connectivity index (χ1v) is 6.95. The first kappa shape index (κ1) is 11.9. The van der Waals surface area contributed by atoms with Gasteiger partial charge in [-0.05, 0) is 34.5 Å². The first-order chi connectivity index (χ1) is 7.70. The number of hydrogen-bond donors (Lipinski definition) is 0. The van der Waals surface area contributed by atoms with Gasteiger partial charge in [0.05, 0.1) is 5.52 Å². The van der Waals surface area contributed by atoms with E-state index >= 15 is 0 Å². The molecule has 0 spiro atoms. The molecule has 1 atom stereocenters. The fourth-order valence-corrected chi connectivity index (χ4v) is 2.70. The SMILES string of the molecule is CCC(C)Sc1ccnc2cc(Br)cnc12. The Hall–Kier alpha value is -0.610. The van der Waals surface area contributed by atoms with E-state index in [4.69, 9.17) is 0 Å². The maximum atomic E-state index is 4.44. The van der Waals surface area contributed by atoms with Crippen molar-refractivity contribution in [2.24, 2.45) is 0 Å². The van der Waals surface area contributed by atoms with Crippen molar-refractivity contribution in [1.29, 1.82) is 0 Å². The van der Waals surface area contributed by atoms with Gasteiger partial charge in [-0.3, -0.25) is 9.97 Å². The van der Waals surface area contributed by atoms with Crippen LogP contribution in [-0.4, -0.2) is 15.2 Å². The fraction of sp³-hybridized carbons (Fsp3) is 0.333. The fourth-order valence-electron chi connectivity index (χ4n) is 1.38. The average molecular weight is 297 g/mol. The summed E-state index contributed by atoms with van der Waals surface area (Å²) in [5, 5.41) is 0.607. The van der Waals surface area contributed by atoms with Crippen LogP contribution < -0.4 is 0 Å². The molecular formula is C12H13BrN2S. The number of aromatic nitrogens is 2. The predicted octanol–water partition coefficient (Wildman–Crippen LogP) is 4.28. The molecule has 84 valence electrons. The highest BCUT2D eigenvalue weighted by atomic mass is 79.9. The van der Waals surface area contributed by atoms with Gasteiger partial charge in [0.2, 0.25) is 0 Å². The van der Waals surface area contributed by atoms with E-state index in [1.807, 2.05) is 36.3 Å². The van der Waals surface area contributed by atoms with Gasteiger partial charge in [0.25, 0.3) is 0 Å². The van der Waals surface area contributed by atoms with Crippen LogP contribution in [-0.2, 0) is 0 Å². The van der Waals surface area contributed by atoms with Crippen molar-refractivity contribution >= 4 is 38.7 Å². The lowest BCUT2D eigenvalue weighted by Gasteiger charge is -2.09. The van der Waals surface area contributed by atoms with E-state index in [1.165, 1.54) is 4.90 Å². The summed E-state index contributed by atoms with van der Waals surface area (Å²) in [7, 11) is 0. The summed E-state index contributed by atoms with van der Waals surface area (Å²) in [6.45, 7) is 4.43. The number of thioether (sulfide) groups is 1. The maximum absolute atomic E-state index is 4.44. The average Bonchev–Trinajstić information content (AvgIpc) is 2.28. The molecule has 16 heavy (non-hydrogen) atoms. The van der Waals surface area contributed by atoms with E-state index in [0.29, 0.717) is 5.25 Å². The predicted molar refractivity (Wildman–Crippen MR) is 72.8 cm³/mol. The summed E-state index contributed by atoms with van der Waals surface area (Å²) in [5.41, 5.74) is 1.94. The van der Waals surface area contributed by atoms with Gasteiger partial charge < -0.3 is 0 Å². The zero-order valence-electron chi connectivity index (χ0n) is 9.27. The quantitative estimate of drug-likeness (QED) is 0.791. The second kappa shape index (κ2) is 5.15. The minimum atomic E-state index is 0.607. The van der Waals surface area contributed by atoms with Gasteiger partial charge in [0.1, 0.15) is 5.52 Å². The van der Waals surface area contributed by atoms with Crippen LogP contribution in [0.25, 0.3) is 11.0 Å². The van der Waals surface area contributed by atoms with Crippen molar-refractivity contribution < 1.29 is 0 Å². The Balaban J connectivity index is 2.45. The number of hydrogen-bond acceptors (Lipinski definition) is 3. The smallest absolute Gasteiger partial charge is 0.102 e. The van der Waals surface area contributed by atoms with E-state index in [-0.39, 0.29) is 0 Å². The van der Waals surface area contributed by atoms with Gasteiger partial charge in [-0.15, -0.1) is 11.8 Å². The molecule has 0 amide bonds. The Morgan fingerprint density at radius 1 is 1.44 bits per heavy atom. The zero-order chi connectivity index (χ0) is 11.5. The minimum absolute atomic E-state index is 0.607. The molecule has 0 bridgehead atoms. The van der Waals surface area contributed by atoms with Crippen LogP contribution in [0.1, 0.15) is 20.3 Å². The van der Waals surface area contributed by atoms with Gasteiger partial charge in [-0.1, -0.05) is 13.8 Å². The van der Waals surface area contributed by atoms with Gasteiger partial charge in [-0.25, -0.2) is 0 Å². The molecule has 0 fully saturated rings. The summed E-state index contributed by atoms with van der Waals surface area (Å²) < 4.78 is 0.971. The Kier molecular flexibility index (Phi) is 3.82. The maximum Gasteiger partial charge on any atom is 0.102 e. The van der Waals surface area contributed by atoms with E-state index in [0.717, 1.165) is 21.9 Å². The summed E-state index contributed by atoms with van der Waals surface area (Å²) in [5.74, 6) is 0. The third-order valence-corrected chi connectivity index (χ3v) is 4.16. The molecule has 0 aliphatic heterocycles. The molecule has 1 unspecified atom stereocenters. The monoisotopic (exact) mass is 296 g/mol. The number of halogens is 1. The lowest BCUT2D eigenvalue weighted by molar-refractivity contribution is 0.906. The standard InChI is InChI=1S/C12H13BrN2S/c1-3-8(2)16-11-4-5-14-10-6-9(13)7-15-12(10)11/h4-8H,3H2,1-2H3. The van der Waals surface area contributed by atoms with Crippen molar-refractivity contribution in [3.63, 3.8) is 0 Å². The molecule has 2 aromatic heterocycles. The lowest BCUT2D eigenvalue weighted by atomic mass is 10.3. The molecular weight excluding hydrogens is 284 g/mol. The van der Waals surface area contributed by atoms with Crippen LogP contribution in [0.4, 0.5) is 0 Å². The molecule has 0 saturated carbocycles. The summed E-state index contributed by atoms with van der Waals surface area (Å²) >= 11 is 5.27. The van der Waals surface area contributed by atoms with Crippen molar-refractivity contribution in [3.8, 4) is 0 Å². The third kappa shape index (κ3) is 2.55. The first-order valence-electron chi connectivity index (χ1n) is 5.27. The van der Waals surface area contributed by atoms with Crippen LogP contribution in [0.15, 0.2) is 33.9 Å². The summed E-state index contributed by atoms with van der Waals surface area (Å²) in [4.78, 5) is 9.98. The van der Waals surface area contributed by atoms with Crippen molar-refractivity contribution in [3.05, 3.63) is 29.0 Å². The zero-order valence-corrected chi connectivity index (χ0v) is 11.7. The van der Waals surface area contributed by atoms with Crippen LogP contribution in [0, 0.1) is 0 Å². The third-order valence-electron chi connectivity index (χ3n) is 2.41. The molecule has 4 heteroatoms. The topological polar surface area (TPSA) is 25.8 Å². The van der Waals surface area contributed by atoms with Crippen molar-refractivity contribution in [1.82, 2.24) is 9.97 Å². The summed E-state index contributed by atoms with van der Waals surface area (Å²) in [6.07, 6.45) is 4.83. The highest BCUT2D eigenvalue weighted by Gasteiger charge is 2.07. The molecule has 2 nitrogen and oxygen atoms in total. The van der Waals surface area contributed by atoms with Crippen LogP contribution in [0.2, 0.25) is 0 Å². The highest BCUT2D eigenvalue weighted by molar-refractivity contribution is 9.10. The Morgan fingerprint density at radius 3 is 3.00 bits per heavy atom. The Labute approximate surface area is 108 Å². The second-order valence-corrected chi connectivity index (χ2v) is 6.06. The van der Waals surface area contributed by atoms with Gasteiger partial charge in [0, 0.05) is 27.0 Å². The molecule has 0 aliphatic carbocycles. The Bertz CT molecular complexity index is 501. The van der Waals surface area contributed by atoms with E-state index in [9.17, 15) is 0 Å². The number of pyridine rings is 2. The minimum Gasteiger partial charge on any atom is -0.254 e. The van der Waals surface area contributed by atoms with Crippen LogP contribution in [0.5, 0.6) is 0 Å². The normalized spacial score (nSPS) is 12.9. The molecule has 2 rings (SSSR count). The highest BCUT2D eigenvalue weighted by Crippen LogP contribution is 2.30. The molecule has 0 aliphatic rings. The van der Waals surface area contributed by atoms with E-state index < -0.39 is 0 Å². The molecule has 2 aromatic rings. The number of nitrogens with zero attached hydrogens (tertiary/aromatic N) is 2. The van der Waals surface area contributed by atoms with Gasteiger partial charge in [-0.2, -0.15) is 0 Å². The largest absolute Gasteiger partial charge is 0.254 e. The van der Waals surface area contributed by atoms with Gasteiger partial charge in [0.15, 0.2) is 0 Å². The van der Waals surface area contributed by atoms with E-state index in [2.05, 4.69) is 39.7 Å². The van der Waals surface area contributed by atoms with Crippen LogP contribution in [0.3, 0.4) is 0 Å². The molecule has 0 radical (unpaired) electrons. The molecule has 0 N–H and O–H groups in total. The van der Waals surface area contributed by atoms with E-state index in [1.54, 1.807) is 0 Å². The lowest BCUT2D eigenvalue weighted by Crippen LogP contribution is -1.94. The molecule has 0 saturated heterocycles. The number of rotatable bonds is 3. The van der Waals surface area contributed by atoms with Gasteiger partial charge >= 0.3 is 0 Å². The van der Waals surface area contributed by atoms with Crippen LogP contribution >= 0.6 is 27.7 Å². The Morgan fingerprint density at radius 2 is 2.25 bits per heavy atom. The van der Waals surface area contributed by atoms with Crippen molar-refractivity contribution in [2.45, 2.75) is 30.4 Å². The molecule has 0 aromatic carbocycles. The van der Waals surface area contributed by atoms with Crippen molar-refractivity contribution in [2.75, 3.05) is 0 Å².